The summed E-state index contributed by atoms with van der Waals surface area (Å²) >= 11 is 0. The zero-order valence-corrected chi connectivity index (χ0v) is 13.3. The Morgan fingerprint density at radius 2 is 1.63 bits per heavy atom. The Labute approximate surface area is 148 Å². The van der Waals surface area contributed by atoms with E-state index in [2.05, 4.69) is 20.3 Å². The van der Waals surface area contributed by atoms with Crippen molar-refractivity contribution in [2.45, 2.75) is 6.42 Å². The minimum absolute atomic E-state index is 0.131. The number of rotatable bonds is 2. The van der Waals surface area contributed by atoms with Crippen LogP contribution in [0.15, 0.2) is 18.3 Å². The van der Waals surface area contributed by atoms with Crippen LogP contribution in [-0.2, 0) is 6.42 Å². The van der Waals surface area contributed by atoms with Gasteiger partial charge in [-0.3, -0.25) is 4.79 Å². The molecule has 0 unspecified atom stereocenters. The van der Waals surface area contributed by atoms with E-state index in [1.807, 2.05) is 0 Å². The smallest absolute Gasteiger partial charge is 0.253 e. The molecule has 0 spiro atoms. The Morgan fingerprint density at radius 3 is 2.30 bits per heavy atom. The maximum Gasteiger partial charge on any atom is 0.253 e. The van der Waals surface area contributed by atoms with Gasteiger partial charge < -0.3 is 10.3 Å². The predicted octanol–water partition coefficient (Wildman–Crippen LogP) is 3.12. The van der Waals surface area contributed by atoms with Gasteiger partial charge in [-0.25, -0.2) is 31.9 Å². The van der Waals surface area contributed by atoms with Crippen molar-refractivity contribution < 1.29 is 26.7 Å². The molecule has 3 heterocycles. The monoisotopic (exact) mass is 380 g/mol. The lowest BCUT2D eigenvalue weighted by molar-refractivity contribution is 0.0946. The number of H-pyrrole nitrogens is 1. The van der Waals surface area contributed by atoms with Gasteiger partial charge in [0, 0.05) is 24.9 Å². The molecule has 0 fully saturated rings. The van der Waals surface area contributed by atoms with Crippen LogP contribution in [-0.4, -0.2) is 27.4 Å². The van der Waals surface area contributed by atoms with E-state index >= 15 is 0 Å². The molecule has 4 rings (SSSR count). The fraction of sp³-hybridized carbons (Fsp3) is 0.118. The SMILES string of the molecule is O=C1NCCc2[nH]c(-c3ccnc(-c4c(F)c(F)c(F)c(F)c4F)n3)cc21. The maximum absolute atomic E-state index is 14.0. The van der Waals surface area contributed by atoms with Gasteiger partial charge in [0.2, 0.25) is 5.82 Å². The highest BCUT2D eigenvalue weighted by atomic mass is 19.2. The highest BCUT2D eigenvalue weighted by Gasteiger charge is 2.28. The minimum atomic E-state index is -2.26. The van der Waals surface area contributed by atoms with Crippen molar-refractivity contribution in [1.82, 2.24) is 20.3 Å². The fourth-order valence-electron chi connectivity index (χ4n) is 2.86. The van der Waals surface area contributed by atoms with Crippen molar-refractivity contribution in [3.05, 3.63) is 58.7 Å². The molecule has 5 nitrogen and oxygen atoms in total. The van der Waals surface area contributed by atoms with E-state index in [9.17, 15) is 26.7 Å². The molecule has 2 aromatic heterocycles. The fourth-order valence-corrected chi connectivity index (χ4v) is 2.86. The topological polar surface area (TPSA) is 70.7 Å². The Kier molecular flexibility index (Phi) is 3.90. The number of hydrogen-bond donors (Lipinski definition) is 2. The number of hydrogen-bond acceptors (Lipinski definition) is 3. The van der Waals surface area contributed by atoms with Gasteiger partial charge >= 0.3 is 0 Å². The van der Waals surface area contributed by atoms with Gasteiger partial charge in [0.1, 0.15) is 0 Å². The summed E-state index contributed by atoms with van der Waals surface area (Å²) in [7, 11) is 0. The normalized spacial score (nSPS) is 13.4. The van der Waals surface area contributed by atoms with E-state index in [1.165, 1.54) is 12.1 Å². The van der Waals surface area contributed by atoms with Crippen LogP contribution < -0.4 is 5.32 Å². The van der Waals surface area contributed by atoms with Crippen molar-refractivity contribution in [1.29, 1.82) is 0 Å². The molecule has 0 saturated heterocycles. The molecule has 1 aromatic carbocycles. The lowest BCUT2D eigenvalue weighted by Gasteiger charge is -2.10. The molecular weight excluding hydrogens is 371 g/mol. The Balaban J connectivity index is 1.85. The summed E-state index contributed by atoms with van der Waals surface area (Å²) in [5.41, 5.74) is 0.316. The number of nitrogens with one attached hydrogen (secondary N) is 2. The van der Waals surface area contributed by atoms with Crippen LogP contribution in [0.2, 0.25) is 0 Å². The molecule has 0 atom stereocenters. The van der Waals surface area contributed by atoms with Gasteiger partial charge in [-0.1, -0.05) is 0 Å². The molecule has 3 aromatic rings. The van der Waals surface area contributed by atoms with Crippen LogP contribution >= 0.6 is 0 Å². The van der Waals surface area contributed by atoms with Crippen LogP contribution in [0, 0.1) is 29.1 Å². The van der Waals surface area contributed by atoms with E-state index in [4.69, 9.17) is 0 Å². The van der Waals surface area contributed by atoms with E-state index in [0.717, 1.165) is 6.20 Å². The summed E-state index contributed by atoms with van der Waals surface area (Å²) < 4.78 is 68.1. The molecule has 1 aliphatic rings. The number of carbonyl (C=O) groups excluding carboxylic acids is 1. The van der Waals surface area contributed by atoms with Gasteiger partial charge in [-0.05, 0) is 12.1 Å². The van der Waals surface area contributed by atoms with Crippen molar-refractivity contribution in [3.63, 3.8) is 0 Å². The van der Waals surface area contributed by atoms with E-state index in [1.54, 1.807) is 0 Å². The van der Waals surface area contributed by atoms with Gasteiger partial charge in [-0.15, -0.1) is 0 Å². The average molecular weight is 380 g/mol. The molecule has 27 heavy (non-hydrogen) atoms. The largest absolute Gasteiger partial charge is 0.356 e. The van der Waals surface area contributed by atoms with Gasteiger partial charge in [0.25, 0.3) is 5.91 Å². The highest BCUT2D eigenvalue weighted by molar-refractivity contribution is 5.97. The van der Waals surface area contributed by atoms with Crippen LogP contribution in [0.1, 0.15) is 16.1 Å². The number of aromatic amines is 1. The van der Waals surface area contributed by atoms with Crippen LogP contribution in [0.25, 0.3) is 22.8 Å². The second kappa shape index (κ2) is 6.15. The Hall–Kier alpha value is -3.30. The summed E-state index contributed by atoms with van der Waals surface area (Å²) in [6.45, 7) is 0.450. The molecule has 2 N–H and O–H groups in total. The van der Waals surface area contributed by atoms with E-state index in [0.29, 0.717) is 29.9 Å². The van der Waals surface area contributed by atoms with Crippen molar-refractivity contribution in [2.24, 2.45) is 0 Å². The number of nitrogens with zero attached hydrogens (tertiary/aromatic N) is 2. The number of carbonyl (C=O) groups is 1. The molecular formula is C17H9F5N4O. The second-order valence-corrected chi connectivity index (χ2v) is 5.79. The molecule has 0 aliphatic carbocycles. The third-order valence-electron chi connectivity index (χ3n) is 4.17. The molecule has 0 bridgehead atoms. The van der Waals surface area contributed by atoms with Crippen LogP contribution in [0.4, 0.5) is 22.0 Å². The number of amides is 1. The molecule has 10 heteroatoms. The lowest BCUT2D eigenvalue weighted by atomic mass is 10.1. The summed E-state index contributed by atoms with van der Waals surface area (Å²) in [5.74, 6) is -11.4. The Morgan fingerprint density at radius 1 is 0.963 bits per heavy atom. The van der Waals surface area contributed by atoms with E-state index < -0.39 is 40.5 Å². The maximum atomic E-state index is 14.0. The van der Waals surface area contributed by atoms with Crippen LogP contribution in [0.3, 0.4) is 0 Å². The number of aromatic nitrogens is 3. The number of halogens is 5. The molecule has 0 radical (unpaired) electrons. The summed E-state index contributed by atoms with van der Waals surface area (Å²) in [6.07, 6.45) is 1.67. The van der Waals surface area contributed by atoms with Crippen molar-refractivity contribution in [2.75, 3.05) is 6.54 Å². The summed E-state index contributed by atoms with van der Waals surface area (Å²) in [6, 6.07) is 2.87. The van der Waals surface area contributed by atoms with Gasteiger partial charge in [0.05, 0.1) is 22.5 Å². The zero-order valence-electron chi connectivity index (χ0n) is 13.3. The highest BCUT2D eigenvalue weighted by Crippen LogP contribution is 2.31. The third kappa shape index (κ3) is 2.64. The standard InChI is InChI=1S/C17H9F5N4O/c18-11-10(12(19)14(21)15(22)13(11)20)16-23-3-2-8(26-16)9-5-6-7(25-9)1-4-24-17(6)27/h2-3,5,25H,1,4H2,(H,24,27). The molecule has 138 valence electrons. The van der Waals surface area contributed by atoms with E-state index in [-0.39, 0.29) is 11.6 Å². The predicted molar refractivity (Wildman–Crippen MR) is 83.1 cm³/mol. The second-order valence-electron chi connectivity index (χ2n) is 5.79. The quantitative estimate of drug-likeness (QED) is 0.408. The summed E-state index contributed by atoms with van der Waals surface area (Å²) in [4.78, 5) is 22.3. The average Bonchev–Trinajstić information content (AvgIpc) is 3.11. The third-order valence-corrected chi connectivity index (χ3v) is 4.17. The minimum Gasteiger partial charge on any atom is -0.356 e. The first-order valence-electron chi connectivity index (χ1n) is 7.73. The molecule has 0 saturated carbocycles. The number of fused-ring (bicyclic) bond motifs is 1. The van der Waals surface area contributed by atoms with Crippen molar-refractivity contribution in [3.8, 4) is 22.8 Å². The van der Waals surface area contributed by atoms with Crippen LogP contribution in [0.5, 0.6) is 0 Å². The molecule has 1 aliphatic heterocycles. The first-order chi connectivity index (χ1) is 12.9. The van der Waals surface area contributed by atoms with Gasteiger partial charge in [0.15, 0.2) is 29.1 Å². The lowest BCUT2D eigenvalue weighted by Crippen LogP contribution is -2.31. The molecule has 1 amide bonds. The zero-order chi connectivity index (χ0) is 19.3. The van der Waals surface area contributed by atoms with Gasteiger partial charge in [-0.2, -0.15) is 0 Å². The Bertz CT molecular complexity index is 1070. The van der Waals surface area contributed by atoms with Crippen molar-refractivity contribution >= 4 is 5.91 Å². The summed E-state index contributed by atoms with van der Waals surface area (Å²) in [5, 5.41) is 2.66. The number of benzene rings is 1. The first kappa shape index (κ1) is 17.1. The first-order valence-corrected chi connectivity index (χ1v) is 7.73.